The smallest absolute Gasteiger partial charge is 0.271 e. The van der Waals surface area contributed by atoms with Crippen LogP contribution in [0.25, 0.3) is 0 Å². The van der Waals surface area contributed by atoms with E-state index in [0.717, 1.165) is 5.56 Å². The van der Waals surface area contributed by atoms with Crippen molar-refractivity contribution in [3.05, 3.63) is 63.7 Å². The molecule has 0 aliphatic carbocycles. The molecule has 2 aromatic carbocycles. The first-order chi connectivity index (χ1) is 13.3. The lowest BCUT2D eigenvalue weighted by molar-refractivity contribution is -0.384. The first kappa shape index (κ1) is 19.5. The third-order valence-corrected chi connectivity index (χ3v) is 5.84. The zero-order valence-electron chi connectivity index (χ0n) is 14.7. The van der Waals surface area contributed by atoms with Gasteiger partial charge in [0.05, 0.1) is 21.6 Å². The molecule has 1 amide bonds. The summed E-state index contributed by atoms with van der Waals surface area (Å²) in [5.41, 5.74) is 1.52. The summed E-state index contributed by atoms with van der Waals surface area (Å²) in [5, 5.41) is 19.5. The molecule has 10 heteroatoms. The van der Waals surface area contributed by atoms with Crippen molar-refractivity contribution in [2.75, 3.05) is 18.0 Å². The topological polar surface area (TPSA) is 133 Å². The molecule has 1 N–H and O–H groups in total. The Hall–Kier alpha value is -3.29. The van der Waals surface area contributed by atoms with Crippen molar-refractivity contribution in [2.45, 2.75) is 17.7 Å². The number of nitrogens with zero attached hydrogens (tertiary/aromatic N) is 3. The highest BCUT2D eigenvalue weighted by atomic mass is 32.2. The summed E-state index contributed by atoms with van der Waals surface area (Å²) in [6.07, 6.45) is 0.644. The molecule has 0 radical (unpaired) electrons. The minimum absolute atomic E-state index is 0.00283. The molecule has 1 aliphatic rings. The monoisotopic (exact) mass is 400 g/mol. The fourth-order valence-electron chi connectivity index (χ4n) is 2.95. The van der Waals surface area contributed by atoms with Gasteiger partial charge in [0, 0.05) is 37.2 Å². The number of anilines is 1. The van der Waals surface area contributed by atoms with Crippen LogP contribution in [0.2, 0.25) is 0 Å². The molecule has 2 aromatic rings. The number of nitrogens with one attached hydrogen (secondary N) is 1. The predicted octanol–water partition coefficient (Wildman–Crippen LogP) is 1.99. The summed E-state index contributed by atoms with van der Waals surface area (Å²) < 4.78 is 26.6. The summed E-state index contributed by atoms with van der Waals surface area (Å²) in [5.74, 6) is -0.361. The molecular formula is C18H16N4O5S. The fraction of sp³-hybridized carbons (Fsp3) is 0.222. The maximum absolute atomic E-state index is 12.8. The number of nitro groups is 1. The molecule has 144 valence electrons. The van der Waals surface area contributed by atoms with E-state index in [2.05, 4.69) is 4.72 Å². The number of hydrogen-bond donors (Lipinski definition) is 1. The number of nitro benzene ring substituents is 1. The molecule has 0 unspecified atom stereocenters. The molecule has 0 bridgehead atoms. The second-order valence-corrected chi connectivity index (χ2v) is 7.87. The molecule has 0 spiro atoms. The number of non-ortho nitro benzene ring substituents is 1. The van der Waals surface area contributed by atoms with Crippen LogP contribution in [0.15, 0.2) is 47.4 Å². The van der Waals surface area contributed by atoms with Gasteiger partial charge in [-0.25, -0.2) is 13.1 Å². The summed E-state index contributed by atoms with van der Waals surface area (Å²) in [6.45, 7) is 0.397. The number of hydrogen-bond acceptors (Lipinski definition) is 6. The number of rotatable bonds is 6. The number of carbonyl (C=O) groups is 1. The minimum atomic E-state index is -3.76. The van der Waals surface area contributed by atoms with Crippen molar-refractivity contribution in [3.8, 4) is 6.07 Å². The van der Waals surface area contributed by atoms with Crippen molar-refractivity contribution < 1.29 is 18.1 Å². The highest BCUT2D eigenvalue weighted by molar-refractivity contribution is 7.89. The van der Waals surface area contributed by atoms with Gasteiger partial charge in [0.25, 0.3) is 11.6 Å². The number of carbonyl (C=O) groups excluding carboxylic acids is 1. The predicted molar refractivity (Wildman–Crippen MR) is 100 cm³/mol. The van der Waals surface area contributed by atoms with Gasteiger partial charge in [-0.3, -0.25) is 14.9 Å². The number of amides is 1. The van der Waals surface area contributed by atoms with Gasteiger partial charge in [-0.2, -0.15) is 5.26 Å². The van der Waals surface area contributed by atoms with E-state index in [1.807, 2.05) is 6.07 Å². The Balaban J connectivity index is 1.81. The average molecular weight is 400 g/mol. The van der Waals surface area contributed by atoms with Crippen LogP contribution in [-0.4, -0.2) is 32.3 Å². The molecule has 0 saturated heterocycles. The molecule has 0 fully saturated rings. The largest absolute Gasteiger partial charge is 0.308 e. The van der Waals surface area contributed by atoms with Gasteiger partial charge in [0.15, 0.2) is 0 Å². The normalized spacial score (nSPS) is 13.0. The molecule has 9 nitrogen and oxygen atoms in total. The molecule has 0 aromatic heterocycles. The molecule has 3 rings (SSSR count). The lowest BCUT2D eigenvalue weighted by atomic mass is 10.1. The van der Waals surface area contributed by atoms with E-state index in [1.54, 1.807) is 6.07 Å². The van der Waals surface area contributed by atoms with Crippen LogP contribution < -0.4 is 9.62 Å². The van der Waals surface area contributed by atoms with Crippen LogP contribution in [-0.2, 0) is 16.4 Å². The van der Waals surface area contributed by atoms with Crippen LogP contribution in [0.5, 0.6) is 0 Å². The van der Waals surface area contributed by atoms with Gasteiger partial charge >= 0.3 is 0 Å². The lowest BCUT2D eigenvalue weighted by Crippen LogP contribution is -2.29. The van der Waals surface area contributed by atoms with Crippen molar-refractivity contribution in [3.63, 3.8) is 0 Å². The fourth-order valence-corrected chi connectivity index (χ4v) is 3.98. The van der Waals surface area contributed by atoms with Crippen LogP contribution in [0.1, 0.15) is 22.3 Å². The third kappa shape index (κ3) is 3.85. The summed E-state index contributed by atoms with van der Waals surface area (Å²) in [7, 11) is -3.76. The van der Waals surface area contributed by atoms with Crippen molar-refractivity contribution in [2.24, 2.45) is 0 Å². The quantitative estimate of drug-likeness (QED) is 0.448. The van der Waals surface area contributed by atoms with Crippen LogP contribution >= 0.6 is 0 Å². The van der Waals surface area contributed by atoms with E-state index in [9.17, 15) is 23.3 Å². The van der Waals surface area contributed by atoms with Crippen molar-refractivity contribution in [1.29, 1.82) is 5.26 Å². The van der Waals surface area contributed by atoms with Gasteiger partial charge in [-0.1, -0.05) is 6.07 Å². The Morgan fingerprint density at radius 2 is 1.96 bits per heavy atom. The Labute approximate surface area is 161 Å². The molecule has 28 heavy (non-hydrogen) atoms. The Morgan fingerprint density at radius 3 is 2.61 bits per heavy atom. The van der Waals surface area contributed by atoms with E-state index in [-0.39, 0.29) is 35.0 Å². The summed E-state index contributed by atoms with van der Waals surface area (Å²) in [6, 6.07) is 11.7. The Kier molecular flexibility index (Phi) is 5.39. The average Bonchev–Trinajstić information content (AvgIpc) is 3.10. The minimum Gasteiger partial charge on any atom is -0.308 e. The Morgan fingerprint density at radius 1 is 1.25 bits per heavy atom. The number of fused-ring (bicyclic) bond motifs is 1. The van der Waals surface area contributed by atoms with Gasteiger partial charge < -0.3 is 4.90 Å². The molecule has 1 aliphatic heterocycles. The maximum atomic E-state index is 12.8. The van der Waals surface area contributed by atoms with Gasteiger partial charge in [0.1, 0.15) is 0 Å². The maximum Gasteiger partial charge on any atom is 0.271 e. The van der Waals surface area contributed by atoms with E-state index in [1.165, 1.54) is 41.3 Å². The van der Waals surface area contributed by atoms with Crippen molar-refractivity contribution >= 4 is 27.3 Å². The molecule has 0 saturated carbocycles. The molecular weight excluding hydrogens is 384 g/mol. The highest BCUT2D eigenvalue weighted by Crippen LogP contribution is 2.32. The summed E-state index contributed by atoms with van der Waals surface area (Å²) >= 11 is 0. The number of nitriles is 1. The number of benzene rings is 2. The Bertz CT molecular complexity index is 1070. The second-order valence-electron chi connectivity index (χ2n) is 6.11. The van der Waals surface area contributed by atoms with Crippen LogP contribution in [0, 0.1) is 21.4 Å². The van der Waals surface area contributed by atoms with Gasteiger partial charge in [0.2, 0.25) is 10.0 Å². The van der Waals surface area contributed by atoms with Crippen LogP contribution in [0.3, 0.4) is 0 Å². The van der Waals surface area contributed by atoms with Gasteiger partial charge in [-0.05, 0) is 36.2 Å². The van der Waals surface area contributed by atoms with E-state index in [4.69, 9.17) is 5.26 Å². The highest BCUT2D eigenvalue weighted by Gasteiger charge is 2.27. The van der Waals surface area contributed by atoms with E-state index in [0.29, 0.717) is 18.7 Å². The molecule has 0 atom stereocenters. The second kappa shape index (κ2) is 7.75. The zero-order chi connectivity index (χ0) is 20.3. The van der Waals surface area contributed by atoms with Gasteiger partial charge in [-0.15, -0.1) is 0 Å². The lowest BCUT2D eigenvalue weighted by Gasteiger charge is -2.17. The zero-order valence-corrected chi connectivity index (χ0v) is 15.5. The van der Waals surface area contributed by atoms with Crippen LogP contribution in [0.4, 0.5) is 11.4 Å². The summed E-state index contributed by atoms with van der Waals surface area (Å²) in [4.78, 5) is 24.7. The first-order valence-corrected chi connectivity index (χ1v) is 9.87. The van der Waals surface area contributed by atoms with E-state index >= 15 is 0 Å². The van der Waals surface area contributed by atoms with E-state index < -0.39 is 14.9 Å². The standard InChI is InChI=1S/C18H16N4O5S/c19-9-1-10-20-28(26,27)16-6-3-14(4-7-16)18(23)21-11-8-13-2-5-15(22(24)25)12-17(13)21/h2-7,12,20H,1,8,10-11H2. The SMILES string of the molecule is N#CCCNS(=O)(=O)c1ccc(C(=O)N2CCc3ccc([N+](=O)[O-])cc32)cc1. The van der Waals surface area contributed by atoms with Crippen molar-refractivity contribution in [1.82, 2.24) is 4.72 Å². The first-order valence-electron chi connectivity index (χ1n) is 8.39. The third-order valence-electron chi connectivity index (χ3n) is 4.36. The molecule has 1 heterocycles. The number of sulfonamides is 1.